The van der Waals surface area contributed by atoms with E-state index in [0.29, 0.717) is 43.2 Å². The SMILES string of the molecule is Cn1nc(-c2cnc3c(n2)c(-c2cccc(NCCC#N)c2)cn3COCC[Si](C)(C)C)c2ccc(F)cc21. The minimum Gasteiger partial charge on any atom is -0.384 e. The minimum atomic E-state index is -1.21. The number of nitriles is 1. The molecule has 0 unspecified atom stereocenters. The van der Waals surface area contributed by atoms with Gasteiger partial charge < -0.3 is 14.6 Å². The summed E-state index contributed by atoms with van der Waals surface area (Å²) >= 11 is 0. The van der Waals surface area contributed by atoms with Gasteiger partial charge in [-0.15, -0.1) is 0 Å². The fourth-order valence-electron chi connectivity index (χ4n) is 4.50. The van der Waals surface area contributed by atoms with Gasteiger partial charge in [0.1, 0.15) is 29.5 Å². The van der Waals surface area contributed by atoms with E-state index < -0.39 is 8.07 Å². The van der Waals surface area contributed by atoms with Gasteiger partial charge in [0.25, 0.3) is 0 Å². The number of hydrogen-bond donors (Lipinski definition) is 1. The lowest BCUT2D eigenvalue weighted by molar-refractivity contribution is 0.0899. The zero-order chi connectivity index (χ0) is 27.6. The third-order valence-electron chi connectivity index (χ3n) is 6.59. The summed E-state index contributed by atoms with van der Waals surface area (Å²) < 4.78 is 23.6. The van der Waals surface area contributed by atoms with Gasteiger partial charge in [0.05, 0.1) is 24.2 Å². The molecule has 5 aromatic rings. The molecular formula is C29H32FN7OSi. The molecule has 0 amide bonds. The van der Waals surface area contributed by atoms with Gasteiger partial charge >= 0.3 is 0 Å². The molecule has 39 heavy (non-hydrogen) atoms. The van der Waals surface area contributed by atoms with Crippen LogP contribution in [0.3, 0.4) is 0 Å². The zero-order valence-electron chi connectivity index (χ0n) is 22.7. The minimum absolute atomic E-state index is 0.310. The van der Waals surface area contributed by atoms with E-state index in [0.717, 1.165) is 39.4 Å². The van der Waals surface area contributed by atoms with E-state index in [1.54, 1.807) is 24.0 Å². The summed E-state index contributed by atoms with van der Waals surface area (Å²) in [6, 6.07) is 15.9. The molecule has 200 valence electrons. The fourth-order valence-corrected chi connectivity index (χ4v) is 5.25. The van der Waals surface area contributed by atoms with E-state index >= 15 is 0 Å². The zero-order valence-corrected chi connectivity index (χ0v) is 23.7. The van der Waals surface area contributed by atoms with Crippen LogP contribution in [0.25, 0.3) is 44.6 Å². The Kier molecular flexibility index (Phi) is 7.46. The largest absolute Gasteiger partial charge is 0.384 e. The predicted octanol–water partition coefficient (Wildman–Crippen LogP) is 6.43. The van der Waals surface area contributed by atoms with Crippen molar-refractivity contribution in [3.63, 3.8) is 0 Å². The number of nitrogens with zero attached hydrogens (tertiary/aromatic N) is 6. The summed E-state index contributed by atoms with van der Waals surface area (Å²) in [6.07, 6.45) is 4.17. The average molecular weight is 542 g/mol. The van der Waals surface area contributed by atoms with Crippen LogP contribution in [-0.4, -0.2) is 45.5 Å². The number of nitrogens with one attached hydrogen (secondary N) is 1. The highest BCUT2D eigenvalue weighted by molar-refractivity contribution is 6.76. The molecule has 2 aromatic carbocycles. The Hall–Kier alpha value is -4.07. The number of benzene rings is 2. The molecule has 5 rings (SSSR count). The monoisotopic (exact) mass is 541 g/mol. The van der Waals surface area contributed by atoms with Crippen molar-refractivity contribution in [3.8, 4) is 28.6 Å². The molecule has 0 fully saturated rings. The molecule has 0 aliphatic carbocycles. The van der Waals surface area contributed by atoms with Crippen LogP contribution < -0.4 is 5.32 Å². The molecule has 0 radical (unpaired) electrons. The maximum absolute atomic E-state index is 13.9. The number of aryl methyl sites for hydroxylation is 1. The Morgan fingerprint density at radius 3 is 2.79 bits per heavy atom. The first-order chi connectivity index (χ1) is 18.7. The van der Waals surface area contributed by atoms with Crippen LogP contribution in [0, 0.1) is 17.1 Å². The number of aromatic nitrogens is 5. The molecule has 0 saturated heterocycles. The van der Waals surface area contributed by atoms with Gasteiger partial charge in [-0.2, -0.15) is 10.4 Å². The van der Waals surface area contributed by atoms with Crippen molar-refractivity contribution in [1.82, 2.24) is 24.3 Å². The summed E-state index contributed by atoms with van der Waals surface area (Å²) in [5, 5.41) is 17.6. The molecule has 0 aliphatic heterocycles. The van der Waals surface area contributed by atoms with Crippen molar-refractivity contribution in [1.29, 1.82) is 5.26 Å². The van der Waals surface area contributed by atoms with Crippen molar-refractivity contribution < 1.29 is 9.13 Å². The molecule has 0 spiro atoms. The first kappa shape index (κ1) is 26.5. The smallest absolute Gasteiger partial charge is 0.161 e. The van der Waals surface area contributed by atoms with Gasteiger partial charge in [0.2, 0.25) is 0 Å². The number of anilines is 1. The summed E-state index contributed by atoms with van der Waals surface area (Å²) in [6.45, 7) is 8.65. The molecule has 3 aromatic heterocycles. The second-order valence-electron chi connectivity index (χ2n) is 10.8. The summed E-state index contributed by atoms with van der Waals surface area (Å²) in [7, 11) is 0.586. The van der Waals surface area contributed by atoms with Crippen molar-refractivity contribution in [3.05, 3.63) is 60.7 Å². The van der Waals surface area contributed by atoms with Gasteiger partial charge in [-0.05, 0) is 41.9 Å². The van der Waals surface area contributed by atoms with Crippen molar-refractivity contribution in [2.75, 3.05) is 18.5 Å². The fraction of sp³-hybridized carbons (Fsp3) is 0.310. The summed E-state index contributed by atoms with van der Waals surface area (Å²) in [5.41, 5.74) is 6.23. The molecule has 0 aliphatic rings. The van der Waals surface area contributed by atoms with E-state index in [9.17, 15) is 4.39 Å². The van der Waals surface area contributed by atoms with Crippen molar-refractivity contribution in [2.45, 2.75) is 38.8 Å². The number of hydrogen-bond acceptors (Lipinski definition) is 6. The molecule has 0 bridgehead atoms. The Morgan fingerprint density at radius 1 is 1.15 bits per heavy atom. The topological polar surface area (TPSA) is 93.6 Å². The lowest BCUT2D eigenvalue weighted by Crippen LogP contribution is -2.22. The predicted molar refractivity (Wildman–Crippen MR) is 155 cm³/mol. The van der Waals surface area contributed by atoms with Crippen LogP contribution in [0.15, 0.2) is 54.9 Å². The molecule has 0 atom stereocenters. The van der Waals surface area contributed by atoms with E-state index in [2.05, 4.69) is 42.2 Å². The third kappa shape index (κ3) is 5.84. The maximum atomic E-state index is 13.9. The first-order valence-corrected chi connectivity index (χ1v) is 16.7. The Bertz CT molecular complexity index is 1680. The van der Waals surface area contributed by atoms with E-state index in [1.165, 1.54) is 12.1 Å². The summed E-state index contributed by atoms with van der Waals surface area (Å²) in [5.74, 6) is -0.310. The Labute approximate surface area is 228 Å². The highest BCUT2D eigenvalue weighted by Crippen LogP contribution is 2.33. The normalized spacial score (nSPS) is 11.8. The lowest BCUT2D eigenvalue weighted by atomic mass is 10.1. The van der Waals surface area contributed by atoms with Crippen LogP contribution in [-0.2, 0) is 18.5 Å². The van der Waals surface area contributed by atoms with Gasteiger partial charge in [-0.25, -0.2) is 14.4 Å². The van der Waals surface area contributed by atoms with Crippen LogP contribution >= 0.6 is 0 Å². The van der Waals surface area contributed by atoms with Crippen LogP contribution in [0.2, 0.25) is 25.7 Å². The van der Waals surface area contributed by atoms with E-state index in [-0.39, 0.29) is 5.82 Å². The third-order valence-corrected chi connectivity index (χ3v) is 8.29. The second kappa shape index (κ2) is 11.0. The van der Waals surface area contributed by atoms with Gasteiger partial charge in [0.15, 0.2) is 5.65 Å². The molecular weight excluding hydrogens is 509 g/mol. The number of halogens is 1. The van der Waals surface area contributed by atoms with Gasteiger partial charge in [0, 0.05) is 51.1 Å². The quantitative estimate of drug-likeness (QED) is 0.162. The van der Waals surface area contributed by atoms with Gasteiger partial charge in [-0.1, -0.05) is 31.8 Å². The van der Waals surface area contributed by atoms with Crippen LogP contribution in [0.5, 0.6) is 0 Å². The second-order valence-corrected chi connectivity index (χ2v) is 16.5. The average Bonchev–Trinajstić information content (AvgIpc) is 3.43. The highest BCUT2D eigenvalue weighted by Gasteiger charge is 2.19. The van der Waals surface area contributed by atoms with Crippen molar-refractivity contribution in [2.24, 2.45) is 7.05 Å². The van der Waals surface area contributed by atoms with Crippen LogP contribution in [0.1, 0.15) is 6.42 Å². The summed E-state index contributed by atoms with van der Waals surface area (Å²) in [4.78, 5) is 9.84. The van der Waals surface area contributed by atoms with E-state index in [4.69, 9.17) is 20.0 Å². The molecule has 3 heterocycles. The lowest BCUT2D eigenvalue weighted by Gasteiger charge is -2.15. The van der Waals surface area contributed by atoms with Crippen LogP contribution in [0.4, 0.5) is 10.1 Å². The van der Waals surface area contributed by atoms with Crippen molar-refractivity contribution >= 4 is 35.8 Å². The molecule has 8 nitrogen and oxygen atoms in total. The Balaban J connectivity index is 1.57. The molecule has 10 heteroatoms. The number of ether oxygens (including phenoxy) is 1. The first-order valence-electron chi connectivity index (χ1n) is 13.0. The molecule has 0 saturated carbocycles. The maximum Gasteiger partial charge on any atom is 0.161 e. The standard InChI is InChI=1S/C29H32FN7OSi/c1-36-26-16-21(30)9-10-23(26)27(35-36)25-17-33-29-28(34-25)24(18-37(29)19-38-13-14-39(2,3)4)20-7-5-8-22(15-20)32-12-6-11-31/h5,7-10,15-18,32H,6,12-14,19H2,1-4H3. The van der Waals surface area contributed by atoms with Gasteiger partial charge in [-0.3, -0.25) is 4.68 Å². The molecule has 1 N–H and O–H groups in total. The highest BCUT2D eigenvalue weighted by atomic mass is 28.3. The number of rotatable bonds is 10. The van der Waals surface area contributed by atoms with E-state index in [1.807, 2.05) is 29.0 Å². The Morgan fingerprint density at radius 2 is 2.00 bits per heavy atom. The number of fused-ring (bicyclic) bond motifs is 2.